The van der Waals surface area contributed by atoms with Gasteiger partial charge in [-0.15, -0.1) is 0 Å². The predicted octanol–water partition coefficient (Wildman–Crippen LogP) is 5.78. The van der Waals surface area contributed by atoms with Crippen LogP contribution in [0.1, 0.15) is 63.5 Å². The number of allylic oxidation sites excluding steroid dienone is 1. The highest BCUT2D eigenvalue weighted by Gasteiger charge is 2.07. The van der Waals surface area contributed by atoms with Gasteiger partial charge in [-0.3, -0.25) is 0 Å². The molecular formula is C19H30O2. The Morgan fingerprint density at radius 2 is 1.71 bits per heavy atom. The summed E-state index contributed by atoms with van der Waals surface area (Å²) in [6, 6.07) is 4.12. The highest BCUT2D eigenvalue weighted by molar-refractivity contribution is 5.61. The third kappa shape index (κ3) is 6.24. The van der Waals surface area contributed by atoms with Crippen molar-refractivity contribution in [3.63, 3.8) is 0 Å². The highest BCUT2D eigenvalue weighted by Crippen LogP contribution is 2.29. The lowest BCUT2D eigenvalue weighted by Crippen LogP contribution is -2.00. The third-order valence-electron chi connectivity index (χ3n) is 3.63. The van der Waals surface area contributed by atoms with Crippen molar-refractivity contribution in [1.29, 1.82) is 0 Å². The van der Waals surface area contributed by atoms with Gasteiger partial charge in [-0.2, -0.15) is 0 Å². The maximum absolute atomic E-state index is 5.97. The van der Waals surface area contributed by atoms with E-state index in [-0.39, 0.29) is 0 Å². The van der Waals surface area contributed by atoms with E-state index in [1.54, 1.807) is 7.11 Å². The molecule has 1 aromatic rings. The average molecular weight is 290 g/mol. The molecular weight excluding hydrogens is 260 g/mol. The molecule has 0 unspecified atom stereocenters. The van der Waals surface area contributed by atoms with E-state index in [0.717, 1.165) is 35.7 Å². The van der Waals surface area contributed by atoms with E-state index >= 15 is 0 Å². The van der Waals surface area contributed by atoms with Crippen LogP contribution in [0.5, 0.6) is 11.5 Å². The van der Waals surface area contributed by atoms with Crippen LogP contribution in [0.4, 0.5) is 0 Å². The van der Waals surface area contributed by atoms with Gasteiger partial charge in [0.15, 0.2) is 0 Å². The van der Waals surface area contributed by atoms with Gasteiger partial charge in [0.05, 0.1) is 13.7 Å². The summed E-state index contributed by atoms with van der Waals surface area (Å²) in [7, 11) is 1.71. The second kappa shape index (κ2) is 10.3. The number of ether oxygens (including phenoxy) is 2. The monoisotopic (exact) mass is 290 g/mol. The molecule has 0 aliphatic rings. The minimum Gasteiger partial charge on any atom is -0.496 e. The first-order chi connectivity index (χ1) is 10.2. The van der Waals surface area contributed by atoms with Crippen molar-refractivity contribution in [3.05, 3.63) is 29.3 Å². The zero-order valence-corrected chi connectivity index (χ0v) is 14.1. The molecule has 0 bridgehead atoms. The molecule has 0 N–H and O–H groups in total. The van der Waals surface area contributed by atoms with Crippen molar-refractivity contribution in [2.75, 3.05) is 13.7 Å². The molecule has 0 radical (unpaired) electrons. The summed E-state index contributed by atoms with van der Waals surface area (Å²) in [4.78, 5) is 0. The molecule has 1 rings (SSSR count). The first-order valence-corrected chi connectivity index (χ1v) is 8.17. The second-order valence-corrected chi connectivity index (χ2v) is 5.48. The van der Waals surface area contributed by atoms with Crippen molar-refractivity contribution in [3.8, 4) is 11.5 Å². The normalized spacial score (nSPS) is 11.0. The van der Waals surface area contributed by atoms with E-state index in [1.807, 2.05) is 19.1 Å². The summed E-state index contributed by atoms with van der Waals surface area (Å²) in [5, 5.41) is 0. The number of rotatable bonds is 10. The fourth-order valence-electron chi connectivity index (χ4n) is 2.40. The number of methoxy groups -OCH3 is 1. The van der Waals surface area contributed by atoms with Gasteiger partial charge in [-0.25, -0.2) is 0 Å². The summed E-state index contributed by atoms with van der Waals surface area (Å²) in [5.74, 6) is 1.87. The van der Waals surface area contributed by atoms with E-state index in [1.165, 1.54) is 32.1 Å². The average Bonchev–Trinajstić information content (AvgIpc) is 2.48. The van der Waals surface area contributed by atoms with E-state index in [4.69, 9.17) is 9.47 Å². The lowest BCUT2D eigenvalue weighted by molar-refractivity contribution is 0.303. The van der Waals surface area contributed by atoms with Gasteiger partial charge in [0, 0.05) is 5.56 Å². The van der Waals surface area contributed by atoms with Crippen molar-refractivity contribution >= 4 is 6.08 Å². The predicted molar refractivity (Wildman–Crippen MR) is 91.3 cm³/mol. The van der Waals surface area contributed by atoms with Gasteiger partial charge in [0.2, 0.25) is 0 Å². The third-order valence-corrected chi connectivity index (χ3v) is 3.63. The largest absolute Gasteiger partial charge is 0.496 e. The molecule has 2 heteroatoms. The zero-order chi connectivity index (χ0) is 15.5. The van der Waals surface area contributed by atoms with Gasteiger partial charge < -0.3 is 9.47 Å². The van der Waals surface area contributed by atoms with Crippen LogP contribution in [0.25, 0.3) is 6.08 Å². The second-order valence-electron chi connectivity index (χ2n) is 5.48. The van der Waals surface area contributed by atoms with Crippen LogP contribution in [0.3, 0.4) is 0 Å². The van der Waals surface area contributed by atoms with Crippen LogP contribution in [0.15, 0.2) is 18.2 Å². The first-order valence-electron chi connectivity index (χ1n) is 8.17. The van der Waals surface area contributed by atoms with Gasteiger partial charge in [-0.1, -0.05) is 51.2 Å². The van der Waals surface area contributed by atoms with Gasteiger partial charge >= 0.3 is 0 Å². The Morgan fingerprint density at radius 3 is 2.38 bits per heavy atom. The number of unbranched alkanes of at least 4 members (excludes halogenated alkanes) is 5. The molecule has 0 fully saturated rings. The molecule has 2 nitrogen and oxygen atoms in total. The lowest BCUT2D eigenvalue weighted by atomic mass is 10.1. The van der Waals surface area contributed by atoms with E-state index in [2.05, 4.69) is 26.0 Å². The van der Waals surface area contributed by atoms with Crippen molar-refractivity contribution < 1.29 is 9.47 Å². The molecule has 21 heavy (non-hydrogen) atoms. The Bertz CT molecular complexity index is 435. The summed E-state index contributed by atoms with van der Waals surface area (Å²) >= 11 is 0. The molecule has 0 spiro atoms. The molecule has 118 valence electrons. The maximum atomic E-state index is 5.97. The fourth-order valence-corrected chi connectivity index (χ4v) is 2.40. The van der Waals surface area contributed by atoms with Crippen LogP contribution in [-0.4, -0.2) is 13.7 Å². The quantitative estimate of drug-likeness (QED) is 0.509. The topological polar surface area (TPSA) is 18.5 Å². The minimum atomic E-state index is 0.794. The maximum Gasteiger partial charge on any atom is 0.127 e. The molecule has 0 amide bonds. The minimum absolute atomic E-state index is 0.794. The summed E-state index contributed by atoms with van der Waals surface area (Å²) in [6.45, 7) is 7.11. The Labute approximate surface area is 130 Å². The van der Waals surface area contributed by atoms with E-state index < -0.39 is 0 Å². The van der Waals surface area contributed by atoms with Crippen molar-refractivity contribution in [1.82, 2.24) is 0 Å². The number of aryl methyl sites for hydroxylation is 1. The molecule has 0 aliphatic carbocycles. The highest BCUT2D eigenvalue weighted by atomic mass is 16.5. The first kappa shape index (κ1) is 17.6. The molecule has 0 saturated heterocycles. The standard InChI is InChI=1S/C19H30O2/c1-5-7-8-9-10-11-13-21-19-14-16(3)18(20-4)15-17(19)12-6-2/h6,12,14-15H,5,7-11,13H2,1-4H3/b12-6+. The summed E-state index contributed by atoms with van der Waals surface area (Å²) in [6.07, 6.45) is 11.8. The SMILES string of the molecule is C/C=C/c1cc(OC)c(C)cc1OCCCCCCCC. The van der Waals surface area contributed by atoms with E-state index in [0.29, 0.717) is 0 Å². The summed E-state index contributed by atoms with van der Waals surface area (Å²) in [5.41, 5.74) is 2.20. The Kier molecular flexibility index (Phi) is 8.65. The van der Waals surface area contributed by atoms with Gasteiger partial charge in [-0.05, 0) is 38.0 Å². The molecule has 0 saturated carbocycles. The molecule has 1 aromatic carbocycles. The lowest BCUT2D eigenvalue weighted by Gasteiger charge is -2.13. The smallest absolute Gasteiger partial charge is 0.127 e. The Balaban J connectivity index is 2.51. The Morgan fingerprint density at radius 1 is 1.00 bits per heavy atom. The van der Waals surface area contributed by atoms with Crippen LogP contribution >= 0.6 is 0 Å². The van der Waals surface area contributed by atoms with Crippen LogP contribution in [0.2, 0.25) is 0 Å². The van der Waals surface area contributed by atoms with Gasteiger partial charge in [0.1, 0.15) is 11.5 Å². The van der Waals surface area contributed by atoms with E-state index in [9.17, 15) is 0 Å². The number of hydrogen-bond acceptors (Lipinski definition) is 2. The zero-order valence-electron chi connectivity index (χ0n) is 14.1. The van der Waals surface area contributed by atoms with Crippen LogP contribution in [0, 0.1) is 6.92 Å². The van der Waals surface area contributed by atoms with Crippen molar-refractivity contribution in [2.24, 2.45) is 0 Å². The summed E-state index contributed by atoms with van der Waals surface area (Å²) < 4.78 is 11.3. The molecule has 0 atom stereocenters. The fraction of sp³-hybridized carbons (Fsp3) is 0.579. The van der Waals surface area contributed by atoms with Crippen LogP contribution < -0.4 is 9.47 Å². The number of hydrogen-bond donors (Lipinski definition) is 0. The molecule has 0 heterocycles. The number of benzene rings is 1. The molecule has 0 aliphatic heterocycles. The van der Waals surface area contributed by atoms with Crippen LogP contribution in [-0.2, 0) is 0 Å². The van der Waals surface area contributed by atoms with Gasteiger partial charge in [0.25, 0.3) is 0 Å². The van der Waals surface area contributed by atoms with Crippen molar-refractivity contribution in [2.45, 2.75) is 59.3 Å². The Hall–Kier alpha value is -1.44. The molecule has 0 aromatic heterocycles.